The Bertz CT molecular complexity index is 1020. The molecule has 0 radical (unpaired) electrons. The molecule has 0 saturated heterocycles. The molecule has 1 saturated carbocycles. The lowest BCUT2D eigenvalue weighted by atomic mass is 10.1. The Morgan fingerprint density at radius 1 is 1.15 bits per heavy atom. The second-order valence-electron chi connectivity index (χ2n) is 6.75. The molecule has 2 aromatic heterocycles. The van der Waals surface area contributed by atoms with Crippen LogP contribution in [-0.4, -0.2) is 32.0 Å². The fraction of sp³-hybridized carbons (Fsp3) is 0.300. The van der Waals surface area contributed by atoms with Gasteiger partial charge in [-0.1, -0.05) is 30.3 Å². The van der Waals surface area contributed by atoms with Crippen molar-refractivity contribution in [3.8, 4) is 11.3 Å². The van der Waals surface area contributed by atoms with E-state index in [0.717, 1.165) is 29.8 Å². The third kappa shape index (κ3) is 3.81. The van der Waals surface area contributed by atoms with E-state index < -0.39 is 0 Å². The monoisotopic (exact) mass is 363 g/mol. The molecule has 3 aromatic rings. The van der Waals surface area contributed by atoms with Gasteiger partial charge in [-0.25, -0.2) is 4.68 Å². The quantitative estimate of drug-likeness (QED) is 0.726. The van der Waals surface area contributed by atoms with Gasteiger partial charge in [-0.2, -0.15) is 10.2 Å². The van der Waals surface area contributed by atoms with Gasteiger partial charge in [-0.3, -0.25) is 14.3 Å². The first kappa shape index (κ1) is 17.2. The van der Waals surface area contributed by atoms with E-state index in [0.29, 0.717) is 24.7 Å². The van der Waals surface area contributed by atoms with E-state index >= 15 is 0 Å². The number of hydrogen-bond donors (Lipinski definition) is 1. The molecule has 1 aromatic carbocycles. The van der Waals surface area contributed by atoms with E-state index in [1.807, 2.05) is 30.3 Å². The lowest BCUT2D eigenvalue weighted by Gasteiger charge is -2.08. The number of carbonyl (C=O) groups is 1. The number of aromatic nitrogens is 4. The summed E-state index contributed by atoms with van der Waals surface area (Å²) < 4.78 is 2.99. The molecule has 2 heterocycles. The van der Waals surface area contributed by atoms with E-state index in [4.69, 9.17) is 0 Å². The second-order valence-corrected chi connectivity index (χ2v) is 6.75. The minimum atomic E-state index is -0.224. The Labute approximate surface area is 156 Å². The minimum absolute atomic E-state index is 0.152. The Hall–Kier alpha value is -3.22. The van der Waals surface area contributed by atoms with Crippen LogP contribution in [0.5, 0.6) is 0 Å². The molecule has 1 N–H and O–H groups in total. The summed E-state index contributed by atoms with van der Waals surface area (Å²) in [4.78, 5) is 24.4. The van der Waals surface area contributed by atoms with Crippen LogP contribution in [0.25, 0.3) is 11.3 Å². The summed E-state index contributed by atoms with van der Waals surface area (Å²) in [6.07, 6.45) is 2.26. The van der Waals surface area contributed by atoms with Crippen LogP contribution in [0.3, 0.4) is 0 Å². The number of hydrogen-bond acceptors (Lipinski definition) is 4. The first-order chi connectivity index (χ1) is 13.1. The van der Waals surface area contributed by atoms with Crippen molar-refractivity contribution >= 4 is 5.91 Å². The second kappa shape index (κ2) is 7.19. The number of aryl methyl sites for hydroxylation is 1. The van der Waals surface area contributed by atoms with E-state index in [2.05, 4.69) is 15.5 Å². The molecule has 4 rings (SSSR count). The summed E-state index contributed by atoms with van der Waals surface area (Å²) in [5, 5.41) is 11.7. The standard InChI is InChI=1S/C20H21N5O2/c1-24-18(13-17(22-24)14-5-3-2-4-6-14)20(27)21-11-12-25-19(26)10-9-16(23-25)15-7-8-15/h2-6,9-10,13,15H,7-8,11-12H2,1H3,(H,21,27). The molecule has 7 nitrogen and oxygen atoms in total. The van der Waals surface area contributed by atoms with Gasteiger partial charge in [0.05, 0.1) is 17.9 Å². The molecule has 1 amide bonds. The van der Waals surface area contributed by atoms with Crippen molar-refractivity contribution in [1.29, 1.82) is 0 Å². The van der Waals surface area contributed by atoms with Crippen LogP contribution in [0.2, 0.25) is 0 Å². The molecular weight excluding hydrogens is 342 g/mol. The first-order valence-corrected chi connectivity index (χ1v) is 9.07. The summed E-state index contributed by atoms with van der Waals surface area (Å²) in [5.74, 6) is 0.260. The van der Waals surface area contributed by atoms with Crippen LogP contribution in [0.1, 0.15) is 34.9 Å². The molecule has 7 heteroatoms. The highest BCUT2D eigenvalue weighted by Crippen LogP contribution is 2.38. The van der Waals surface area contributed by atoms with Crippen LogP contribution in [-0.2, 0) is 13.6 Å². The SMILES string of the molecule is Cn1nc(-c2ccccc2)cc1C(=O)NCCn1nc(C2CC2)ccc1=O. The number of amides is 1. The van der Waals surface area contributed by atoms with Crippen LogP contribution >= 0.6 is 0 Å². The van der Waals surface area contributed by atoms with Gasteiger partial charge in [-0.05, 0) is 25.0 Å². The normalized spacial score (nSPS) is 13.5. The molecule has 0 atom stereocenters. The molecule has 1 fully saturated rings. The summed E-state index contributed by atoms with van der Waals surface area (Å²) in [7, 11) is 1.74. The maximum atomic E-state index is 12.5. The smallest absolute Gasteiger partial charge is 0.269 e. The fourth-order valence-electron chi connectivity index (χ4n) is 3.02. The van der Waals surface area contributed by atoms with Crippen LogP contribution in [0.15, 0.2) is 53.3 Å². The van der Waals surface area contributed by atoms with Gasteiger partial charge < -0.3 is 5.32 Å². The zero-order chi connectivity index (χ0) is 18.8. The molecular formula is C20H21N5O2. The summed E-state index contributed by atoms with van der Waals surface area (Å²) in [6.45, 7) is 0.667. The van der Waals surface area contributed by atoms with E-state index in [1.165, 1.54) is 4.68 Å². The van der Waals surface area contributed by atoms with Crippen molar-refractivity contribution in [2.75, 3.05) is 6.54 Å². The number of nitrogens with zero attached hydrogens (tertiary/aromatic N) is 4. The molecule has 0 bridgehead atoms. The average Bonchev–Trinajstić information content (AvgIpc) is 3.45. The third-order valence-electron chi connectivity index (χ3n) is 4.67. The molecule has 0 spiro atoms. The molecule has 1 aliphatic rings. The maximum absolute atomic E-state index is 12.5. The van der Waals surface area contributed by atoms with Crippen molar-refractivity contribution in [1.82, 2.24) is 24.9 Å². The third-order valence-corrected chi connectivity index (χ3v) is 4.67. The predicted octanol–water partition coefficient (Wildman–Crippen LogP) is 1.95. The molecule has 0 aliphatic heterocycles. The van der Waals surface area contributed by atoms with Crippen molar-refractivity contribution in [2.24, 2.45) is 7.05 Å². The Morgan fingerprint density at radius 2 is 1.93 bits per heavy atom. The molecule has 0 unspecified atom stereocenters. The van der Waals surface area contributed by atoms with Crippen molar-refractivity contribution in [3.63, 3.8) is 0 Å². The van der Waals surface area contributed by atoms with Crippen molar-refractivity contribution < 1.29 is 4.79 Å². The largest absolute Gasteiger partial charge is 0.349 e. The molecule has 1 aliphatic carbocycles. The van der Waals surface area contributed by atoms with Crippen LogP contribution in [0.4, 0.5) is 0 Å². The summed E-state index contributed by atoms with van der Waals surface area (Å²) in [6, 6.07) is 14.8. The maximum Gasteiger partial charge on any atom is 0.269 e. The Balaban J connectivity index is 1.41. The zero-order valence-electron chi connectivity index (χ0n) is 15.1. The van der Waals surface area contributed by atoms with Gasteiger partial charge in [-0.15, -0.1) is 0 Å². The zero-order valence-corrected chi connectivity index (χ0v) is 15.1. The van der Waals surface area contributed by atoms with E-state index in [1.54, 1.807) is 29.9 Å². The highest BCUT2D eigenvalue weighted by molar-refractivity contribution is 5.93. The van der Waals surface area contributed by atoms with E-state index in [-0.39, 0.29) is 11.5 Å². The fourth-order valence-corrected chi connectivity index (χ4v) is 3.02. The van der Waals surface area contributed by atoms with E-state index in [9.17, 15) is 9.59 Å². The van der Waals surface area contributed by atoms with Gasteiger partial charge in [0.1, 0.15) is 5.69 Å². The topological polar surface area (TPSA) is 81.8 Å². The Kier molecular flexibility index (Phi) is 4.58. The predicted molar refractivity (Wildman–Crippen MR) is 101 cm³/mol. The minimum Gasteiger partial charge on any atom is -0.349 e. The number of benzene rings is 1. The lowest BCUT2D eigenvalue weighted by Crippen LogP contribution is -2.33. The lowest BCUT2D eigenvalue weighted by molar-refractivity contribution is 0.0942. The molecule has 138 valence electrons. The number of nitrogens with one attached hydrogen (secondary N) is 1. The first-order valence-electron chi connectivity index (χ1n) is 9.07. The number of carbonyl (C=O) groups excluding carboxylic acids is 1. The van der Waals surface area contributed by atoms with Gasteiger partial charge in [0, 0.05) is 31.1 Å². The van der Waals surface area contributed by atoms with Crippen LogP contribution < -0.4 is 10.9 Å². The molecule has 27 heavy (non-hydrogen) atoms. The Morgan fingerprint density at radius 3 is 2.67 bits per heavy atom. The average molecular weight is 363 g/mol. The highest BCUT2D eigenvalue weighted by atomic mass is 16.2. The van der Waals surface area contributed by atoms with Crippen LogP contribution in [0, 0.1) is 0 Å². The summed E-state index contributed by atoms with van der Waals surface area (Å²) >= 11 is 0. The van der Waals surface area contributed by atoms with Gasteiger partial charge in [0.2, 0.25) is 0 Å². The van der Waals surface area contributed by atoms with Crippen molar-refractivity contribution in [3.05, 3.63) is 70.3 Å². The number of rotatable bonds is 6. The van der Waals surface area contributed by atoms with Gasteiger partial charge in [0.15, 0.2) is 0 Å². The van der Waals surface area contributed by atoms with Gasteiger partial charge >= 0.3 is 0 Å². The van der Waals surface area contributed by atoms with Crippen molar-refractivity contribution in [2.45, 2.75) is 25.3 Å². The summed E-state index contributed by atoms with van der Waals surface area (Å²) in [5.41, 5.74) is 2.99. The highest BCUT2D eigenvalue weighted by Gasteiger charge is 2.25. The van der Waals surface area contributed by atoms with Gasteiger partial charge in [0.25, 0.3) is 11.5 Å².